The Bertz CT molecular complexity index is 652. The molecule has 0 heterocycles. The molecule has 0 unspecified atom stereocenters. The first-order chi connectivity index (χ1) is 9.97. The van der Waals surface area contributed by atoms with Gasteiger partial charge in [-0.2, -0.15) is 0 Å². The molecule has 0 saturated carbocycles. The molecule has 2 aromatic carbocycles. The molecular weight excluding hydrogens is 271 g/mol. The summed E-state index contributed by atoms with van der Waals surface area (Å²) in [7, 11) is 0. The van der Waals surface area contributed by atoms with Crippen LogP contribution in [-0.4, -0.2) is 17.2 Å². The minimum atomic E-state index is -1.12. The Balaban J connectivity index is 2.18. The van der Waals surface area contributed by atoms with Crippen molar-refractivity contribution in [3.63, 3.8) is 0 Å². The fourth-order valence-corrected chi connectivity index (χ4v) is 1.99. The van der Waals surface area contributed by atoms with E-state index in [9.17, 15) is 14.3 Å². The lowest BCUT2D eigenvalue weighted by molar-refractivity contribution is -0.145. The lowest BCUT2D eigenvalue weighted by Gasteiger charge is -2.16. The molecule has 1 N–H and O–H groups in total. The molecule has 0 radical (unpaired) electrons. The third-order valence-corrected chi connectivity index (χ3v) is 3.40. The Morgan fingerprint density at radius 3 is 2.52 bits per heavy atom. The van der Waals surface area contributed by atoms with E-state index in [1.807, 2.05) is 19.9 Å². The molecule has 1 atom stereocenters. The third-order valence-electron chi connectivity index (χ3n) is 3.40. The van der Waals surface area contributed by atoms with Gasteiger partial charge >= 0.3 is 5.97 Å². The highest BCUT2D eigenvalue weighted by atomic mass is 19.1. The van der Waals surface area contributed by atoms with E-state index in [2.05, 4.69) is 0 Å². The number of carbonyl (C=O) groups is 1. The number of rotatable bonds is 5. The lowest BCUT2D eigenvalue weighted by Crippen LogP contribution is -2.29. The minimum absolute atomic E-state index is 0.0189. The number of aliphatic carboxylic acids is 1. The smallest absolute Gasteiger partial charge is 0.345 e. The Hall–Kier alpha value is -2.36. The topological polar surface area (TPSA) is 46.5 Å². The zero-order valence-corrected chi connectivity index (χ0v) is 12.0. The van der Waals surface area contributed by atoms with Gasteiger partial charge in [0.1, 0.15) is 11.6 Å². The number of carboxylic acids is 1. The number of aryl methyl sites for hydroxylation is 2. The summed E-state index contributed by atoms with van der Waals surface area (Å²) >= 11 is 0. The summed E-state index contributed by atoms with van der Waals surface area (Å²) in [6.07, 6.45) is -1.14. The predicted octanol–water partition coefficient (Wildman–Crippen LogP) is 3.52. The molecule has 21 heavy (non-hydrogen) atoms. The van der Waals surface area contributed by atoms with Gasteiger partial charge in [0.05, 0.1) is 0 Å². The second-order valence-corrected chi connectivity index (χ2v) is 4.99. The largest absolute Gasteiger partial charge is 0.478 e. The Morgan fingerprint density at radius 2 is 1.90 bits per heavy atom. The van der Waals surface area contributed by atoms with Gasteiger partial charge in [0, 0.05) is 6.42 Å². The maximum absolute atomic E-state index is 13.6. The Labute approximate surface area is 123 Å². The van der Waals surface area contributed by atoms with Gasteiger partial charge in [-0.25, -0.2) is 9.18 Å². The van der Waals surface area contributed by atoms with Crippen LogP contribution >= 0.6 is 0 Å². The molecule has 0 amide bonds. The number of ether oxygens (including phenoxy) is 1. The minimum Gasteiger partial charge on any atom is -0.478 e. The van der Waals surface area contributed by atoms with Crippen molar-refractivity contribution < 1.29 is 19.0 Å². The van der Waals surface area contributed by atoms with Gasteiger partial charge in [-0.15, -0.1) is 0 Å². The maximum atomic E-state index is 13.6. The van der Waals surface area contributed by atoms with Crippen molar-refractivity contribution in [2.24, 2.45) is 0 Å². The van der Waals surface area contributed by atoms with Crippen LogP contribution in [0.5, 0.6) is 5.75 Å². The number of benzene rings is 2. The molecule has 110 valence electrons. The van der Waals surface area contributed by atoms with E-state index in [0.717, 1.165) is 11.1 Å². The summed E-state index contributed by atoms with van der Waals surface area (Å²) in [5.74, 6) is -1.06. The average molecular weight is 288 g/mol. The zero-order valence-electron chi connectivity index (χ0n) is 12.0. The SMILES string of the molecule is Cc1ccc(O[C@H](Cc2ccccc2F)C(=O)O)cc1C. The third kappa shape index (κ3) is 3.81. The number of hydrogen-bond donors (Lipinski definition) is 1. The predicted molar refractivity (Wildman–Crippen MR) is 78.1 cm³/mol. The molecule has 3 nitrogen and oxygen atoms in total. The van der Waals surface area contributed by atoms with Crippen LogP contribution in [0.2, 0.25) is 0 Å². The van der Waals surface area contributed by atoms with Crippen molar-refractivity contribution in [1.29, 1.82) is 0 Å². The van der Waals surface area contributed by atoms with Crippen molar-refractivity contribution in [2.75, 3.05) is 0 Å². The highest BCUT2D eigenvalue weighted by Crippen LogP contribution is 2.19. The number of carboxylic acid groups (broad SMARTS) is 1. The van der Waals surface area contributed by atoms with Crippen LogP contribution in [0, 0.1) is 19.7 Å². The fraction of sp³-hybridized carbons (Fsp3) is 0.235. The lowest BCUT2D eigenvalue weighted by atomic mass is 10.1. The van der Waals surface area contributed by atoms with Gasteiger partial charge in [0.2, 0.25) is 0 Å². The summed E-state index contributed by atoms with van der Waals surface area (Å²) in [4.78, 5) is 11.3. The summed E-state index contributed by atoms with van der Waals surface area (Å²) in [6.45, 7) is 3.89. The summed E-state index contributed by atoms with van der Waals surface area (Å²) < 4.78 is 19.1. The zero-order chi connectivity index (χ0) is 15.4. The number of hydrogen-bond acceptors (Lipinski definition) is 2. The molecular formula is C17H17FO3. The van der Waals surface area contributed by atoms with E-state index in [1.165, 1.54) is 6.07 Å². The average Bonchev–Trinajstić information content (AvgIpc) is 2.44. The molecule has 0 aliphatic carbocycles. The highest BCUT2D eigenvalue weighted by molar-refractivity contribution is 5.73. The van der Waals surface area contributed by atoms with Crippen molar-refractivity contribution in [2.45, 2.75) is 26.4 Å². The number of halogens is 1. The van der Waals surface area contributed by atoms with Crippen molar-refractivity contribution in [3.8, 4) is 5.75 Å². The second kappa shape index (κ2) is 6.39. The standard InChI is InChI=1S/C17H17FO3/c1-11-7-8-14(9-12(11)2)21-16(17(19)20)10-13-5-3-4-6-15(13)18/h3-9,16H,10H2,1-2H3,(H,19,20)/t16-/m1/s1. The molecule has 2 rings (SSSR count). The van der Waals surface area contributed by atoms with Gasteiger partial charge in [0.15, 0.2) is 6.10 Å². The van der Waals surface area contributed by atoms with Crippen molar-refractivity contribution >= 4 is 5.97 Å². The van der Waals surface area contributed by atoms with Crippen LogP contribution in [0.15, 0.2) is 42.5 Å². The van der Waals surface area contributed by atoms with Gasteiger partial charge < -0.3 is 9.84 Å². The van der Waals surface area contributed by atoms with Crippen LogP contribution in [-0.2, 0) is 11.2 Å². The van der Waals surface area contributed by atoms with Crippen molar-refractivity contribution in [3.05, 3.63) is 65.0 Å². The Morgan fingerprint density at radius 1 is 1.19 bits per heavy atom. The van der Waals surface area contributed by atoms with Crippen LogP contribution in [0.4, 0.5) is 4.39 Å². The highest BCUT2D eigenvalue weighted by Gasteiger charge is 2.21. The molecule has 0 saturated heterocycles. The van der Waals surface area contributed by atoms with Crippen LogP contribution in [0.1, 0.15) is 16.7 Å². The van der Waals surface area contributed by atoms with Gasteiger partial charge in [-0.05, 0) is 48.7 Å². The molecule has 0 aromatic heterocycles. The molecule has 0 spiro atoms. The van der Waals surface area contributed by atoms with E-state index in [4.69, 9.17) is 4.74 Å². The van der Waals surface area contributed by atoms with E-state index in [0.29, 0.717) is 11.3 Å². The molecule has 2 aromatic rings. The van der Waals surface area contributed by atoms with Crippen LogP contribution in [0.3, 0.4) is 0 Å². The maximum Gasteiger partial charge on any atom is 0.345 e. The molecule has 0 bridgehead atoms. The van der Waals surface area contributed by atoms with Crippen LogP contribution < -0.4 is 4.74 Å². The van der Waals surface area contributed by atoms with Gasteiger partial charge in [-0.1, -0.05) is 24.3 Å². The fourth-order valence-electron chi connectivity index (χ4n) is 1.99. The normalized spacial score (nSPS) is 12.0. The first kappa shape index (κ1) is 15.0. The van der Waals surface area contributed by atoms with Gasteiger partial charge in [-0.3, -0.25) is 0 Å². The Kier molecular flexibility index (Phi) is 4.58. The molecule has 0 aliphatic rings. The van der Waals surface area contributed by atoms with Crippen LogP contribution in [0.25, 0.3) is 0 Å². The molecule has 0 aliphatic heterocycles. The van der Waals surface area contributed by atoms with E-state index < -0.39 is 17.9 Å². The second-order valence-electron chi connectivity index (χ2n) is 4.99. The van der Waals surface area contributed by atoms with E-state index >= 15 is 0 Å². The first-order valence-corrected chi connectivity index (χ1v) is 6.67. The summed E-state index contributed by atoms with van der Waals surface area (Å²) in [6, 6.07) is 11.5. The summed E-state index contributed by atoms with van der Waals surface area (Å²) in [5, 5.41) is 9.26. The molecule has 0 fully saturated rings. The molecule has 4 heteroatoms. The quantitative estimate of drug-likeness (QED) is 0.915. The van der Waals surface area contributed by atoms with E-state index in [1.54, 1.807) is 30.3 Å². The first-order valence-electron chi connectivity index (χ1n) is 6.67. The van der Waals surface area contributed by atoms with E-state index in [-0.39, 0.29) is 6.42 Å². The summed E-state index contributed by atoms with van der Waals surface area (Å²) in [5.41, 5.74) is 2.44. The monoisotopic (exact) mass is 288 g/mol. The van der Waals surface area contributed by atoms with Gasteiger partial charge in [0.25, 0.3) is 0 Å². The van der Waals surface area contributed by atoms with Crippen molar-refractivity contribution in [1.82, 2.24) is 0 Å².